The third kappa shape index (κ3) is 4.04. The maximum absolute atomic E-state index is 13.8. The van der Waals surface area contributed by atoms with Crippen molar-refractivity contribution < 1.29 is 14.4 Å². The molecule has 9 nitrogen and oxygen atoms in total. The van der Waals surface area contributed by atoms with Crippen LogP contribution in [0.1, 0.15) is 48.2 Å². The number of H-pyrrole nitrogens is 1. The Morgan fingerprint density at radius 2 is 1.73 bits per heavy atom. The Kier molecular flexibility index (Phi) is 5.33. The number of piperazine rings is 1. The van der Waals surface area contributed by atoms with Crippen LogP contribution in [0.25, 0.3) is 16.4 Å². The van der Waals surface area contributed by atoms with Crippen LogP contribution >= 0.6 is 0 Å². The van der Waals surface area contributed by atoms with Crippen molar-refractivity contribution in [2.24, 2.45) is 5.41 Å². The Labute approximate surface area is 214 Å². The fourth-order valence-electron chi connectivity index (χ4n) is 5.59. The van der Waals surface area contributed by atoms with Crippen molar-refractivity contribution in [3.63, 3.8) is 0 Å². The first kappa shape index (κ1) is 23.3. The van der Waals surface area contributed by atoms with Gasteiger partial charge in [0.1, 0.15) is 11.7 Å². The molecule has 0 unspecified atom stereocenters. The Hall–Kier alpha value is -4.14. The first-order valence-electron chi connectivity index (χ1n) is 12.6. The fourth-order valence-corrected chi connectivity index (χ4v) is 5.59. The van der Waals surface area contributed by atoms with Crippen molar-refractivity contribution in [2.45, 2.75) is 45.3 Å². The number of amides is 3. The molecule has 2 aliphatic rings. The molecule has 2 fully saturated rings. The lowest BCUT2D eigenvalue weighted by Gasteiger charge is -2.39. The summed E-state index contributed by atoms with van der Waals surface area (Å²) in [5.41, 5.74) is 2.08. The van der Waals surface area contributed by atoms with Gasteiger partial charge in [-0.15, -0.1) is 0 Å². The summed E-state index contributed by atoms with van der Waals surface area (Å²) in [7, 11) is 0. The molecule has 0 aliphatic carbocycles. The molecule has 0 radical (unpaired) electrons. The molecule has 2 saturated heterocycles. The molecule has 2 bridgehead atoms. The lowest BCUT2D eigenvalue weighted by atomic mass is 9.85. The molecule has 3 amide bonds. The SMILES string of the molecule is CC(C)(C)[C@H](NC(=O)c1cc2ccccc2[nH]1)C(=O)N1C[C@@H]2C[C@H]1CN2C(=O)c1cc2ccccn2n1. The highest BCUT2D eigenvalue weighted by atomic mass is 16.2. The first-order valence-corrected chi connectivity index (χ1v) is 12.6. The Bertz CT molecular complexity index is 1460. The van der Waals surface area contributed by atoms with Gasteiger partial charge in [0.25, 0.3) is 11.8 Å². The molecular formula is C28H30N6O3. The third-order valence-corrected chi connectivity index (χ3v) is 7.54. The van der Waals surface area contributed by atoms with Gasteiger partial charge in [-0.2, -0.15) is 5.10 Å². The van der Waals surface area contributed by atoms with Crippen LogP contribution in [-0.2, 0) is 4.79 Å². The second kappa shape index (κ2) is 8.47. The fraction of sp³-hybridized carbons (Fsp3) is 0.357. The summed E-state index contributed by atoms with van der Waals surface area (Å²) in [5, 5.41) is 8.36. The van der Waals surface area contributed by atoms with Gasteiger partial charge in [-0.25, -0.2) is 4.52 Å². The second-order valence-electron chi connectivity index (χ2n) is 11.1. The van der Waals surface area contributed by atoms with Crippen LogP contribution in [0.4, 0.5) is 0 Å². The van der Waals surface area contributed by atoms with Gasteiger partial charge in [0, 0.05) is 30.2 Å². The number of fused-ring (bicyclic) bond motifs is 4. The van der Waals surface area contributed by atoms with Crippen LogP contribution in [0.3, 0.4) is 0 Å². The number of aromatic amines is 1. The van der Waals surface area contributed by atoms with E-state index < -0.39 is 11.5 Å². The highest BCUT2D eigenvalue weighted by Crippen LogP contribution is 2.34. The number of benzene rings is 1. The molecule has 3 atom stereocenters. The average molecular weight is 499 g/mol. The maximum Gasteiger partial charge on any atom is 0.274 e. The van der Waals surface area contributed by atoms with Gasteiger partial charge in [-0.1, -0.05) is 45.0 Å². The molecule has 9 heteroatoms. The van der Waals surface area contributed by atoms with E-state index in [1.165, 1.54) is 0 Å². The minimum Gasteiger partial charge on any atom is -0.351 e. The van der Waals surface area contributed by atoms with E-state index in [0.29, 0.717) is 24.5 Å². The summed E-state index contributed by atoms with van der Waals surface area (Å²) in [4.78, 5) is 47.0. The van der Waals surface area contributed by atoms with Crippen molar-refractivity contribution in [2.75, 3.05) is 13.1 Å². The molecule has 0 saturated carbocycles. The number of carbonyl (C=O) groups excluding carboxylic acids is 3. The molecule has 3 aromatic heterocycles. The lowest BCUT2D eigenvalue weighted by molar-refractivity contribution is -0.138. The van der Waals surface area contributed by atoms with Gasteiger partial charge in [-0.05, 0) is 42.2 Å². The molecule has 1 aromatic carbocycles. The number of hydrogen-bond donors (Lipinski definition) is 2. The summed E-state index contributed by atoms with van der Waals surface area (Å²) in [6, 6.07) is 16.1. The van der Waals surface area contributed by atoms with E-state index >= 15 is 0 Å². The number of carbonyl (C=O) groups is 3. The molecular weight excluding hydrogens is 468 g/mol. The standard InChI is InChI=1S/C28H30N6O3/c1-28(2,3)24(30-25(35)22-12-17-8-4-5-10-21(17)29-22)27(37)33-16-19-13-20(33)15-32(19)26(36)23-14-18-9-6-7-11-34(18)31-23/h4-12,14,19-20,24,29H,13,15-16H2,1-3H3,(H,30,35)/t19-,20-,24+/m0/s1. The van der Waals surface area contributed by atoms with E-state index in [4.69, 9.17) is 0 Å². The van der Waals surface area contributed by atoms with Crippen LogP contribution in [0.5, 0.6) is 0 Å². The van der Waals surface area contributed by atoms with E-state index in [0.717, 1.165) is 22.8 Å². The van der Waals surface area contributed by atoms with Crippen molar-refractivity contribution in [3.8, 4) is 0 Å². The van der Waals surface area contributed by atoms with Crippen LogP contribution in [0.15, 0.2) is 60.8 Å². The monoisotopic (exact) mass is 498 g/mol. The van der Waals surface area contributed by atoms with Crippen molar-refractivity contribution >= 4 is 34.1 Å². The van der Waals surface area contributed by atoms with Gasteiger partial charge in [0.15, 0.2) is 5.69 Å². The number of pyridine rings is 1. The van der Waals surface area contributed by atoms with E-state index in [2.05, 4.69) is 15.4 Å². The van der Waals surface area contributed by atoms with Gasteiger partial charge in [0.2, 0.25) is 5.91 Å². The minimum atomic E-state index is -0.701. The van der Waals surface area contributed by atoms with E-state index in [1.807, 2.05) is 79.2 Å². The van der Waals surface area contributed by atoms with Crippen LogP contribution < -0.4 is 5.32 Å². The second-order valence-corrected chi connectivity index (χ2v) is 11.1. The number of rotatable bonds is 4. The van der Waals surface area contributed by atoms with Gasteiger partial charge < -0.3 is 20.1 Å². The number of likely N-dealkylation sites (tertiary alicyclic amines) is 2. The summed E-state index contributed by atoms with van der Waals surface area (Å²) in [5.74, 6) is -0.524. The Morgan fingerprint density at radius 1 is 1.00 bits per heavy atom. The van der Waals surface area contributed by atoms with E-state index in [9.17, 15) is 14.4 Å². The van der Waals surface area contributed by atoms with Gasteiger partial charge in [-0.3, -0.25) is 14.4 Å². The Balaban J connectivity index is 1.17. The molecule has 0 spiro atoms. The summed E-state index contributed by atoms with van der Waals surface area (Å²) >= 11 is 0. The number of nitrogens with one attached hydrogen (secondary N) is 2. The molecule has 2 aliphatic heterocycles. The third-order valence-electron chi connectivity index (χ3n) is 7.54. The van der Waals surface area contributed by atoms with Crippen molar-refractivity contribution in [1.82, 2.24) is 29.7 Å². The normalized spacial score (nSPS) is 20.1. The number of hydrogen-bond acceptors (Lipinski definition) is 4. The molecule has 6 rings (SSSR count). The Morgan fingerprint density at radius 3 is 2.43 bits per heavy atom. The van der Waals surface area contributed by atoms with E-state index in [1.54, 1.807) is 16.6 Å². The zero-order valence-corrected chi connectivity index (χ0v) is 21.1. The van der Waals surface area contributed by atoms with Crippen LogP contribution in [0.2, 0.25) is 0 Å². The molecule has 2 N–H and O–H groups in total. The topological polar surface area (TPSA) is 103 Å². The van der Waals surface area contributed by atoms with Crippen molar-refractivity contribution in [1.29, 1.82) is 0 Å². The van der Waals surface area contributed by atoms with Gasteiger partial charge >= 0.3 is 0 Å². The van der Waals surface area contributed by atoms with E-state index in [-0.39, 0.29) is 29.8 Å². The highest BCUT2D eigenvalue weighted by molar-refractivity contribution is 6.00. The zero-order chi connectivity index (χ0) is 25.9. The average Bonchev–Trinajstić information content (AvgIpc) is 3.66. The molecule has 4 aromatic rings. The summed E-state index contributed by atoms with van der Waals surface area (Å²) < 4.78 is 1.70. The number of nitrogens with zero attached hydrogens (tertiary/aromatic N) is 4. The predicted octanol–water partition coefficient (Wildman–Crippen LogP) is 3.09. The quantitative estimate of drug-likeness (QED) is 0.451. The maximum atomic E-state index is 13.8. The summed E-state index contributed by atoms with van der Waals surface area (Å²) in [6.07, 6.45) is 2.55. The van der Waals surface area contributed by atoms with Crippen molar-refractivity contribution in [3.05, 3.63) is 72.2 Å². The minimum absolute atomic E-state index is 0.0590. The summed E-state index contributed by atoms with van der Waals surface area (Å²) in [6.45, 7) is 6.78. The molecule has 5 heterocycles. The van der Waals surface area contributed by atoms with Gasteiger partial charge in [0.05, 0.1) is 17.6 Å². The largest absolute Gasteiger partial charge is 0.351 e. The van der Waals surface area contributed by atoms with Crippen LogP contribution in [-0.4, -0.2) is 73.3 Å². The zero-order valence-electron chi connectivity index (χ0n) is 21.1. The highest BCUT2D eigenvalue weighted by Gasteiger charge is 2.50. The predicted molar refractivity (Wildman–Crippen MR) is 139 cm³/mol. The lowest BCUT2D eigenvalue weighted by Crippen LogP contribution is -2.59. The molecule has 37 heavy (non-hydrogen) atoms. The van der Waals surface area contributed by atoms with Crippen LogP contribution in [0, 0.1) is 5.41 Å². The number of para-hydroxylation sites is 1. The smallest absolute Gasteiger partial charge is 0.274 e. The number of aromatic nitrogens is 3. The first-order chi connectivity index (χ1) is 17.7. The molecule has 190 valence electrons.